The molecule has 0 saturated heterocycles. The summed E-state index contributed by atoms with van der Waals surface area (Å²) in [7, 11) is 0. The molecule has 132 valence electrons. The molecule has 1 heterocycles. The van der Waals surface area contributed by atoms with Gasteiger partial charge in [-0.1, -0.05) is 88.1 Å². The Bertz CT molecular complexity index is 714. The minimum Gasteiger partial charge on any atom is -0.352 e. The first kappa shape index (κ1) is 17.6. The molecule has 25 heavy (non-hydrogen) atoms. The van der Waals surface area contributed by atoms with Gasteiger partial charge in [-0.3, -0.25) is 0 Å². The summed E-state index contributed by atoms with van der Waals surface area (Å²) in [5.41, 5.74) is 1.36. The summed E-state index contributed by atoms with van der Waals surface area (Å²) in [5.74, 6) is 0. The summed E-state index contributed by atoms with van der Waals surface area (Å²) in [4.78, 5) is 4.68. The molecule has 0 fully saturated rings. The Kier molecular flexibility index (Phi) is 6.16. The average Bonchev–Trinajstić information content (AvgIpc) is 3.07. The van der Waals surface area contributed by atoms with Crippen molar-refractivity contribution in [3.8, 4) is 0 Å². The molecular weight excluding hydrogens is 304 g/mol. The molecule has 1 unspecified atom stereocenters. The molecule has 3 rings (SSSR count). The molecule has 0 aromatic heterocycles. The summed E-state index contributed by atoms with van der Waals surface area (Å²) < 4.78 is 0. The van der Waals surface area contributed by atoms with Crippen LogP contribution in [0.1, 0.15) is 57.2 Å². The van der Waals surface area contributed by atoms with Crippen molar-refractivity contribution in [1.29, 1.82) is 0 Å². The van der Waals surface area contributed by atoms with Crippen LogP contribution in [0.2, 0.25) is 0 Å². The van der Waals surface area contributed by atoms with E-state index in [1.165, 1.54) is 54.9 Å². The predicted molar refractivity (Wildman–Crippen MR) is 108 cm³/mol. The van der Waals surface area contributed by atoms with Gasteiger partial charge in [-0.25, -0.2) is 0 Å². The molecule has 2 heteroatoms. The summed E-state index contributed by atoms with van der Waals surface area (Å²) in [6.07, 6.45) is 14.5. The third-order valence-corrected chi connectivity index (χ3v) is 5.11. The zero-order valence-electron chi connectivity index (χ0n) is 15.4. The minimum atomic E-state index is 0.222. The molecule has 0 spiro atoms. The predicted octanol–water partition coefficient (Wildman–Crippen LogP) is 6.43. The summed E-state index contributed by atoms with van der Waals surface area (Å²) >= 11 is 0. The zero-order valence-corrected chi connectivity index (χ0v) is 15.4. The van der Waals surface area contributed by atoms with E-state index >= 15 is 0 Å². The van der Waals surface area contributed by atoms with Crippen molar-refractivity contribution in [2.75, 3.05) is 6.54 Å². The van der Waals surface area contributed by atoms with Crippen molar-refractivity contribution in [3.63, 3.8) is 0 Å². The molecule has 0 bridgehead atoms. The zero-order chi connectivity index (χ0) is 17.5. The molecule has 0 aliphatic carbocycles. The van der Waals surface area contributed by atoms with E-state index in [9.17, 15) is 0 Å². The van der Waals surface area contributed by atoms with Gasteiger partial charge in [0, 0.05) is 24.5 Å². The third kappa shape index (κ3) is 4.07. The molecule has 2 aromatic rings. The van der Waals surface area contributed by atoms with Crippen molar-refractivity contribution in [2.24, 2.45) is 0 Å². The van der Waals surface area contributed by atoms with E-state index in [0.29, 0.717) is 0 Å². The van der Waals surface area contributed by atoms with Gasteiger partial charge in [-0.15, -0.1) is 0 Å². The molecule has 2 nitrogen and oxygen atoms in total. The average molecular weight is 335 g/mol. The highest BCUT2D eigenvalue weighted by atomic mass is 15.4. The Morgan fingerprint density at radius 3 is 2.52 bits per heavy atom. The fourth-order valence-corrected chi connectivity index (χ4v) is 3.74. The maximum atomic E-state index is 4.01. The maximum absolute atomic E-state index is 4.01. The smallest absolute Gasteiger partial charge is 0.132 e. The highest BCUT2D eigenvalue weighted by Crippen LogP contribution is 2.35. The number of unbranched alkanes of at least 4 members (excludes halogenated alkanes) is 5. The first-order valence-corrected chi connectivity index (χ1v) is 9.67. The van der Waals surface area contributed by atoms with Crippen LogP contribution < -0.4 is 0 Å². The first-order chi connectivity index (χ1) is 12.3. The quantitative estimate of drug-likeness (QED) is 0.487. The molecule has 0 amide bonds. The van der Waals surface area contributed by atoms with Crippen LogP contribution in [0.3, 0.4) is 0 Å². The van der Waals surface area contributed by atoms with Crippen LogP contribution >= 0.6 is 0 Å². The highest BCUT2D eigenvalue weighted by molar-refractivity contribution is 5.86. The van der Waals surface area contributed by atoms with Crippen molar-refractivity contribution >= 4 is 10.8 Å². The van der Waals surface area contributed by atoms with Gasteiger partial charge >= 0.3 is 0 Å². The SMILES string of the molecule is C=CN1C=CN(CCCCCCCC)C1c1cccc2ccccc12. The van der Waals surface area contributed by atoms with Crippen LogP contribution in [-0.4, -0.2) is 16.3 Å². The molecular formula is C23H30N2. The van der Waals surface area contributed by atoms with Crippen molar-refractivity contribution in [2.45, 2.75) is 51.6 Å². The largest absolute Gasteiger partial charge is 0.352 e. The van der Waals surface area contributed by atoms with Gasteiger partial charge in [0.15, 0.2) is 0 Å². The topological polar surface area (TPSA) is 6.48 Å². The van der Waals surface area contributed by atoms with Gasteiger partial charge in [0.2, 0.25) is 0 Å². The van der Waals surface area contributed by atoms with Crippen LogP contribution in [0.15, 0.2) is 67.6 Å². The van der Waals surface area contributed by atoms with Crippen LogP contribution in [0.25, 0.3) is 10.8 Å². The molecule has 1 aliphatic rings. The van der Waals surface area contributed by atoms with Gasteiger partial charge in [-0.05, 0) is 23.4 Å². The van der Waals surface area contributed by atoms with Gasteiger partial charge in [0.1, 0.15) is 6.17 Å². The molecule has 2 aromatic carbocycles. The molecule has 0 N–H and O–H groups in total. The lowest BCUT2D eigenvalue weighted by atomic mass is 10.0. The van der Waals surface area contributed by atoms with Crippen molar-refractivity contribution in [1.82, 2.24) is 9.80 Å². The second-order valence-electron chi connectivity index (χ2n) is 6.88. The van der Waals surface area contributed by atoms with E-state index in [-0.39, 0.29) is 6.17 Å². The van der Waals surface area contributed by atoms with Crippen molar-refractivity contribution < 1.29 is 0 Å². The number of hydrogen-bond acceptors (Lipinski definition) is 2. The van der Waals surface area contributed by atoms with Crippen LogP contribution in [0.5, 0.6) is 0 Å². The Morgan fingerprint density at radius 1 is 0.920 bits per heavy atom. The van der Waals surface area contributed by atoms with E-state index in [1.807, 2.05) is 6.20 Å². The molecule has 1 aliphatic heterocycles. The van der Waals surface area contributed by atoms with Gasteiger partial charge in [0.25, 0.3) is 0 Å². The van der Waals surface area contributed by atoms with Crippen LogP contribution in [-0.2, 0) is 0 Å². The summed E-state index contributed by atoms with van der Waals surface area (Å²) in [5, 5.41) is 2.63. The molecule has 0 radical (unpaired) electrons. The Labute approximate surface area is 152 Å². The molecule has 1 atom stereocenters. The number of benzene rings is 2. The lowest BCUT2D eigenvalue weighted by Gasteiger charge is -2.32. The second kappa shape index (κ2) is 8.75. The fourth-order valence-electron chi connectivity index (χ4n) is 3.74. The Hall–Kier alpha value is -2.22. The Morgan fingerprint density at radius 2 is 1.68 bits per heavy atom. The van der Waals surface area contributed by atoms with E-state index < -0.39 is 0 Å². The number of fused-ring (bicyclic) bond motifs is 1. The maximum Gasteiger partial charge on any atom is 0.132 e. The van der Waals surface area contributed by atoms with Gasteiger partial charge < -0.3 is 9.80 Å². The highest BCUT2D eigenvalue weighted by Gasteiger charge is 2.27. The fraction of sp³-hybridized carbons (Fsp3) is 0.391. The summed E-state index contributed by atoms with van der Waals surface area (Å²) in [6.45, 7) is 7.38. The van der Waals surface area contributed by atoms with E-state index in [2.05, 4.69) is 78.2 Å². The van der Waals surface area contributed by atoms with E-state index in [4.69, 9.17) is 0 Å². The number of rotatable bonds is 9. The van der Waals surface area contributed by atoms with Crippen molar-refractivity contribution in [3.05, 3.63) is 73.2 Å². The number of nitrogens with zero attached hydrogens (tertiary/aromatic N) is 2. The third-order valence-electron chi connectivity index (χ3n) is 5.11. The Balaban J connectivity index is 1.73. The molecule has 0 saturated carbocycles. The lowest BCUT2D eigenvalue weighted by Crippen LogP contribution is -2.28. The number of hydrogen-bond donors (Lipinski definition) is 0. The minimum absolute atomic E-state index is 0.222. The van der Waals surface area contributed by atoms with Gasteiger partial charge in [-0.2, -0.15) is 0 Å². The monoisotopic (exact) mass is 334 g/mol. The summed E-state index contributed by atoms with van der Waals surface area (Å²) in [6, 6.07) is 15.3. The standard InChI is InChI=1S/C23H30N2/c1-3-5-6-7-8-11-17-25-19-18-24(4-2)23(25)22-16-12-14-20-13-9-10-15-21(20)22/h4,9-10,12-16,18-19,23H,2-3,5-8,11,17H2,1H3. The lowest BCUT2D eigenvalue weighted by molar-refractivity contribution is 0.194. The van der Waals surface area contributed by atoms with Crippen LogP contribution in [0, 0.1) is 0 Å². The van der Waals surface area contributed by atoms with Crippen LogP contribution in [0.4, 0.5) is 0 Å². The van der Waals surface area contributed by atoms with Gasteiger partial charge in [0.05, 0.1) is 0 Å². The van der Waals surface area contributed by atoms with E-state index in [0.717, 1.165) is 6.54 Å². The first-order valence-electron chi connectivity index (χ1n) is 9.67. The second-order valence-corrected chi connectivity index (χ2v) is 6.88. The van der Waals surface area contributed by atoms with E-state index in [1.54, 1.807) is 0 Å². The normalized spacial score (nSPS) is 16.8.